The molecule has 20 heavy (non-hydrogen) atoms. The Hall–Kier alpha value is -0.570. The van der Waals surface area contributed by atoms with Gasteiger partial charge in [-0.25, -0.2) is 0 Å². The highest BCUT2D eigenvalue weighted by molar-refractivity contribution is 6.30. The molecule has 0 amide bonds. The lowest BCUT2D eigenvalue weighted by molar-refractivity contribution is 0.289. The van der Waals surface area contributed by atoms with Crippen LogP contribution in [0, 0.1) is 5.92 Å². The van der Waals surface area contributed by atoms with Gasteiger partial charge in [0.25, 0.3) is 0 Å². The molecule has 0 aliphatic heterocycles. The van der Waals surface area contributed by atoms with E-state index in [1.54, 1.807) is 0 Å². The van der Waals surface area contributed by atoms with Crippen molar-refractivity contribution in [2.45, 2.75) is 45.7 Å². The third-order valence-electron chi connectivity index (χ3n) is 3.32. The lowest BCUT2D eigenvalue weighted by Gasteiger charge is -2.27. The van der Waals surface area contributed by atoms with Gasteiger partial charge in [-0.2, -0.15) is 0 Å². The largest absolute Gasteiger partial charge is 0.310 e. The van der Waals surface area contributed by atoms with Crippen molar-refractivity contribution in [1.82, 2.24) is 10.2 Å². The fraction of sp³-hybridized carbons (Fsp3) is 0.647. The van der Waals surface area contributed by atoms with Crippen molar-refractivity contribution < 1.29 is 0 Å². The molecule has 0 radical (unpaired) electrons. The Kier molecular flexibility index (Phi) is 7.57. The van der Waals surface area contributed by atoms with Gasteiger partial charge in [0.2, 0.25) is 0 Å². The van der Waals surface area contributed by atoms with Gasteiger partial charge in [0.1, 0.15) is 0 Å². The Labute approximate surface area is 129 Å². The van der Waals surface area contributed by atoms with Gasteiger partial charge in [0.15, 0.2) is 0 Å². The van der Waals surface area contributed by atoms with Gasteiger partial charge in [-0.3, -0.25) is 0 Å². The van der Waals surface area contributed by atoms with E-state index in [4.69, 9.17) is 11.6 Å². The molecule has 0 heterocycles. The first-order valence-electron chi connectivity index (χ1n) is 7.52. The highest BCUT2D eigenvalue weighted by Gasteiger charge is 2.15. The molecule has 2 atom stereocenters. The number of likely N-dealkylation sites (N-methyl/N-ethyl adjacent to an activating group) is 1. The molecule has 2 nitrogen and oxygen atoms in total. The molecule has 1 aromatic rings. The van der Waals surface area contributed by atoms with E-state index in [-0.39, 0.29) is 0 Å². The number of rotatable bonds is 8. The zero-order chi connectivity index (χ0) is 15.1. The SMILES string of the molecule is CC(C)CC(CN(C)C)NC(C)Cc1ccc(Cl)cc1. The van der Waals surface area contributed by atoms with E-state index in [0.29, 0.717) is 12.1 Å². The van der Waals surface area contributed by atoms with Crippen LogP contribution >= 0.6 is 11.6 Å². The Morgan fingerprint density at radius 1 is 1.10 bits per heavy atom. The van der Waals surface area contributed by atoms with E-state index in [1.165, 1.54) is 12.0 Å². The summed E-state index contributed by atoms with van der Waals surface area (Å²) in [6, 6.07) is 9.19. The third-order valence-corrected chi connectivity index (χ3v) is 3.57. The van der Waals surface area contributed by atoms with Gasteiger partial charge < -0.3 is 10.2 Å². The summed E-state index contributed by atoms with van der Waals surface area (Å²) in [5.41, 5.74) is 1.34. The summed E-state index contributed by atoms with van der Waals surface area (Å²) in [5.74, 6) is 0.718. The summed E-state index contributed by atoms with van der Waals surface area (Å²) in [5, 5.41) is 4.57. The van der Waals surface area contributed by atoms with E-state index < -0.39 is 0 Å². The molecule has 0 spiro atoms. The van der Waals surface area contributed by atoms with Crippen molar-refractivity contribution in [1.29, 1.82) is 0 Å². The van der Waals surface area contributed by atoms with Gasteiger partial charge >= 0.3 is 0 Å². The molecule has 0 saturated carbocycles. The number of hydrogen-bond donors (Lipinski definition) is 1. The van der Waals surface area contributed by atoms with Crippen molar-refractivity contribution in [2.75, 3.05) is 20.6 Å². The normalized spacial score (nSPS) is 14.8. The number of hydrogen-bond acceptors (Lipinski definition) is 2. The van der Waals surface area contributed by atoms with Crippen molar-refractivity contribution in [3.05, 3.63) is 34.9 Å². The Balaban J connectivity index is 2.51. The molecular weight excluding hydrogens is 268 g/mol. The van der Waals surface area contributed by atoms with Crippen molar-refractivity contribution >= 4 is 11.6 Å². The number of halogens is 1. The first-order chi connectivity index (χ1) is 9.36. The van der Waals surface area contributed by atoms with Crippen LogP contribution < -0.4 is 5.32 Å². The van der Waals surface area contributed by atoms with Crippen LogP contribution in [0.2, 0.25) is 5.02 Å². The van der Waals surface area contributed by atoms with Gasteiger partial charge in [-0.1, -0.05) is 37.6 Å². The molecule has 0 bridgehead atoms. The van der Waals surface area contributed by atoms with Crippen LogP contribution in [-0.2, 0) is 6.42 Å². The molecule has 1 aromatic carbocycles. The van der Waals surface area contributed by atoms with E-state index in [9.17, 15) is 0 Å². The first kappa shape index (κ1) is 17.5. The van der Waals surface area contributed by atoms with Gasteiger partial charge in [0.05, 0.1) is 0 Å². The maximum Gasteiger partial charge on any atom is 0.0406 e. The summed E-state index contributed by atoms with van der Waals surface area (Å²) in [4.78, 5) is 2.26. The fourth-order valence-electron chi connectivity index (χ4n) is 2.64. The van der Waals surface area contributed by atoms with E-state index in [0.717, 1.165) is 23.9 Å². The number of benzene rings is 1. The summed E-state index contributed by atoms with van der Waals surface area (Å²) in [7, 11) is 4.28. The van der Waals surface area contributed by atoms with Crippen molar-refractivity contribution in [3.8, 4) is 0 Å². The smallest absolute Gasteiger partial charge is 0.0406 e. The maximum atomic E-state index is 5.93. The summed E-state index contributed by atoms with van der Waals surface area (Å²) in [6.45, 7) is 7.92. The second-order valence-corrected chi connectivity index (χ2v) is 6.92. The maximum absolute atomic E-state index is 5.93. The monoisotopic (exact) mass is 296 g/mol. The predicted octanol–water partition coefficient (Wildman–Crippen LogP) is 3.84. The molecule has 3 heteroatoms. The molecule has 0 fully saturated rings. The van der Waals surface area contributed by atoms with Crippen LogP contribution in [0.1, 0.15) is 32.8 Å². The lowest BCUT2D eigenvalue weighted by atomic mass is 10.0. The van der Waals surface area contributed by atoms with Crippen LogP contribution in [0.5, 0.6) is 0 Å². The van der Waals surface area contributed by atoms with Crippen LogP contribution in [0.4, 0.5) is 0 Å². The second kappa shape index (κ2) is 8.66. The summed E-state index contributed by atoms with van der Waals surface area (Å²) >= 11 is 5.93. The van der Waals surface area contributed by atoms with Crippen LogP contribution in [0.3, 0.4) is 0 Å². The van der Waals surface area contributed by atoms with Crippen LogP contribution in [0.25, 0.3) is 0 Å². The van der Waals surface area contributed by atoms with E-state index in [2.05, 4.69) is 57.2 Å². The molecule has 1 N–H and O–H groups in total. The molecule has 0 aliphatic carbocycles. The van der Waals surface area contributed by atoms with E-state index >= 15 is 0 Å². The molecule has 0 aromatic heterocycles. The second-order valence-electron chi connectivity index (χ2n) is 6.49. The molecule has 2 unspecified atom stereocenters. The zero-order valence-electron chi connectivity index (χ0n) is 13.5. The standard InChI is InChI=1S/C17H29ClN2/c1-13(2)10-17(12-20(4)5)19-14(3)11-15-6-8-16(18)9-7-15/h6-9,13-14,17,19H,10-12H2,1-5H3. The molecule has 0 saturated heterocycles. The summed E-state index contributed by atoms with van der Waals surface area (Å²) < 4.78 is 0. The molecule has 114 valence electrons. The van der Waals surface area contributed by atoms with Gasteiger partial charge in [-0.05, 0) is 57.5 Å². The molecular formula is C17H29ClN2. The van der Waals surface area contributed by atoms with E-state index in [1.807, 2.05) is 12.1 Å². The predicted molar refractivity (Wildman–Crippen MR) is 89.6 cm³/mol. The Bertz CT molecular complexity index is 363. The Morgan fingerprint density at radius 3 is 2.20 bits per heavy atom. The van der Waals surface area contributed by atoms with Crippen LogP contribution in [0.15, 0.2) is 24.3 Å². The lowest BCUT2D eigenvalue weighted by Crippen LogP contribution is -2.44. The number of nitrogens with zero attached hydrogens (tertiary/aromatic N) is 1. The van der Waals surface area contributed by atoms with Gasteiger partial charge in [-0.15, -0.1) is 0 Å². The van der Waals surface area contributed by atoms with Crippen LogP contribution in [-0.4, -0.2) is 37.6 Å². The average molecular weight is 297 g/mol. The first-order valence-corrected chi connectivity index (χ1v) is 7.89. The minimum absolute atomic E-state index is 0.472. The van der Waals surface area contributed by atoms with Crippen molar-refractivity contribution in [2.24, 2.45) is 5.92 Å². The highest BCUT2D eigenvalue weighted by atomic mass is 35.5. The number of nitrogens with one attached hydrogen (secondary N) is 1. The minimum atomic E-state index is 0.472. The Morgan fingerprint density at radius 2 is 1.70 bits per heavy atom. The zero-order valence-corrected chi connectivity index (χ0v) is 14.2. The molecule has 1 rings (SSSR count). The topological polar surface area (TPSA) is 15.3 Å². The highest BCUT2D eigenvalue weighted by Crippen LogP contribution is 2.12. The third kappa shape index (κ3) is 7.28. The average Bonchev–Trinajstić information content (AvgIpc) is 2.30. The molecule has 0 aliphatic rings. The quantitative estimate of drug-likeness (QED) is 0.784. The fourth-order valence-corrected chi connectivity index (χ4v) is 2.77. The van der Waals surface area contributed by atoms with Gasteiger partial charge in [0, 0.05) is 23.7 Å². The van der Waals surface area contributed by atoms with Crippen molar-refractivity contribution in [3.63, 3.8) is 0 Å². The summed E-state index contributed by atoms with van der Waals surface area (Å²) in [6.07, 6.45) is 2.25. The minimum Gasteiger partial charge on any atom is -0.310 e.